The van der Waals surface area contributed by atoms with Crippen LogP contribution in [0.15, 0.2) is 48.9 Å². The van der Waals surface area contributed by atoms with Gasteiger partial charge in [-0.25, -0.2) is 14.8 Å². The van der Waals surface area contributed by atoms with Crippen LogP contribution in [0.5, 0.6) is 0 Å². The molecular formula is C23H30N8O. The van der Waals surface area contributed by atoms with E-state index in [0.29, 0.717) is 12.5 Å². The molecule has 2 aromatic heterocycles. The number of nitrogens with one attached hydrogen (secondary N) is 2. The van der Waals surface area contributed by atoms with Crippen molar-refractivity contribution in [3.8, 4) is 0 Å². The van der Waals surface area contributed by atoms with Gasteiger partial charge in [0.2, 0.25) is 5.95 Å². The average Bonchev–Trinajstić information content (AvgIpc) is 3.17. The number of benzene rings is 1. The minimum absolute atomic E-state index is 0.0546. The summed E-state index contributed by atoms with van der Waals surface area (Å²) in [4.78, 5) is 26.3. The first-order valence-corrected chi connectivity index (χ1v) is 10.8. The van der Waals surface area contributed by atoms with Crippen molar-refractivity contribution >= 4 is 17.7 Å². The van der Waals surface area contributed by atoms with Crippen LogP contribution in [-0.4, -0.2) is 62.3 Å². The number of rotatable bonds is 6. The highest BCUT2D eigenvalue weighted by Crippen LogP contribution is 2.24. The Bertz CT molecular complexity index is 1060. The van der Waals surface area contributed by atoms with Crippen molar-refractivity contribution in [3.05, 3.63) is 65.7 Å². The first kappa shape index (κ1) is 21.8. The number of carbonyl (C=O) groups excluding carboxylic acids is 1. The highest BCUT2D eigenvalue weighted by molar-refractivity contribution is 5.75. The molecule has 2 amide bonds. The number of hydrogen-bond donors (Lipinski definition) is 2. The standard InChI is InChI=1S/C23H30N8O/c1-16-10-18-11-24-22(26-19-12-25-30(4)13-19)27-21(18)15-31(16)23(32)28-20(14-29(2)3)17-8-6-5-7-9-17/h5-9,11-13,16,20H,10,14-15H2,1-4H3,(H,28,32)(H,24,26,27)/t16-,20-/m1/s1. The molecule has 1 aliphatic heterocycles. The van der Waals surface area contributed by atoms with Crippen LogP contribution in [0.4, 0.5) is 16.4 Å². The van der Waals surface area contributed by atoms with Gasteiger partial charge in [-0.2, -0.15) is 5.10 Å². The van der Waals surface area contributed by atoms with E-state index in [0.717, 1.165) is 35.5 Å². The molecule has 0 spiro atoms. The Labute approximate surface area is 188 Å². The van der Waals surface area contributed by atoms with Crippen LogP contribution in [0.2, 0.25) is 0 Å². The Hall–Kier alpha value is -3.46. The lowest BCUT2D eigenvalue weighted by Crippen LogP contribution is -2.50. The predicted molar refractivity (Wildman–Crippen MR) is 124 cm³/mol. The van der Waals surface area contributed by atoms with Gasteiger partial charge in [0.1, 0.15) is 0 Å². The zero-order chi connectivity index (χ0) is 22.7. The van der Waals surface area contributed by atoms with Crippen LogP contribution >= 0.6 is 0 Å². The lowest BCUT2D eigenvalue weighted by molar-refractivity contribution is 0.161. The summed E-state index contributed by atoms with van der Waals surface area (Å²) < 4.78 is 1.71. The third kappa shape index (κ3) is 5.05. The molecule has 0 fully saturated rings. The Morgan fingerprint density at radius 2 is 2.03 bits per heavy atom. The van der Waals surface area contributed by atoms with Gasteiger partial charge in [-0.3, -0.25) is 4.68 Å². The second kappa shape index (κ2) is 9.35. The fraction of sp³-hybridized carbons (Fsp3) is 0.391. The molecule has 9 nitrogen and oxygen atoms in total. The molecule has 9 heteroatoms. The van der Waals surface area contributed by atoms with Gasteiger partial charge >= 0.3 is 6.03 Å². The van der Waals surface area contributed by atoms with Crippen LogP contribution < -0.4 is 10.6 Å². The molecule has 4 rings (SSSR count). The highest BCUT2D eigenvalue weighted by atomic mass is 16.2. The van der Waals surface area contributed by atoms with Crippen molar-refractivity contribution in [3.63, 3.8) is 0 Å². The van der Waals surface area contributed by atoms with Gasteiger partial charge in [-0.05, 0) is 38.6 Å². The van der Waals surface area contributed by atoms with Crippen molar-refractivity contribution in [2.45, 2.75) is 32.0 Å². The van der Waals surface area contributed by atoms with E-state index >= 15 is 0 Å². The third-order valence-electron chi connectivity index (χ3n) is 5.59. The summed E-state index contributed by atoms with van der Waals surface area (Å²) in [5, 5.41) is 10.6. The summed E-state index contributed by atoms with van der Waals surface area (Å²) in [5.74, 6) is 0.501. The van der Waals surface area contributed by atoms with Gasteiger partial charge in [-0.1, -0.05) is 30.3 Å². The summed E-state index contributed by atoms with van der Waals surface area (Å²) in [5.41, 5.74) is 3.85. The molecule has 2 atom stereocenters. The summed E-state index contributed by atoms with van der Waals surface area (Å²) in [7, 11) is 5.88. The normalized spacial score (nSPS) is 16.5. The fourth-order valence-corrected chi connectivity index (χ4v) is 3.96. The number of hydrogen-bond acceptors (Lipinski definition) is 6. The van der Waals surface area contributed by atoms with Gasteiger partial charge < -0.3 is 20.4 Å². The molecule has 1 aliphatic rings. The van der Waals surface area contributed by atoms with E-state index < -0.39 is 0 Å². The molecule has 1 aromatic carbocycles. The zero-order valence-electron chi connectivity index (χ0n) is 19.0. The number of nitrogens with zero attached hydrogens (tertiary/aromatic N) is 6. The molecule has 0 radical (unpaired) electrons. The first-order chi connectivity index (χ1) is 15.4. The number of urea groups is 1. The number of carbonyl (C=O) groups is 1. The maximum absolute atomic E-state index is 13.3. The van der Waals surface area contributed by atoms with E-state index in [-0.39, 0.29) is 18.1 Å². The maximum Gasteiger partial charge on any atom is 0.318 e. The number of aryl methyl sites for hydroxylation is 1. The summed E-state index contributed by atoms with van der Waals surface area (Å²) in [6, 6.07) is 9.95. The van der Waals surface area contributed by atoms with Crippen molar-refractivity contribution in [2.75, 3.05) is 26.0 Å². The molecule has 168 valence electrons. The van der Waals surface area contributed by atoms with E-state index in [9.17, 15) is 4.79 Å². The van der Waals surface area contributed by atoms with E-state index in [1.165, 1.54) is 0 Å². The molecular weight excluding hydrogens is 404 g/mol. The second-order valence-corrected chi connectivity index (χ2v) is 8.55. The van der Waals surface area contributed by atoms with E-state index in [1.807, 2.05) is 68.8 Å². The van der Waals surface area contributed by atoms with Crippen molar-refractivity contribution in [2.24, 2.45) is 7.05 Å². The monoisotopic (exact) mass is 434 g/mol. The maximum atomic E-state index is 13.3. The van der Waals surface area contributed by atoms with E-state index in [4.69, 9.17) is 0 Å². The molecule has 2 N–H and O–H groups in total. The molecule has 0 saturated heterocycles. The van der Waals surface area contributed by atoms with Crippen molar-refractivity contribution in [1.82, 2.24) is 34.9 Å². The zero-order valence-corrected chi connectivity index (χ0v) is 19.0. The predicted octanol–water partition coefficient (Wildman–Crippen LogP) is 2.71. The minimum atomic E-state index is -0.0968. The summed E-state index contributed by atoms with van der Waals surface area (Å²) >= 11 is 0. The Balaban J connectivity index is 1.49. The molecule has 32 heavy (non-hydrogen) atoms. The lowest BCUT2D eigenvalue weighted by Gasteiger charge is -2.35. The quantitative estimate of drug-likeness (QED) is 0.620. The van der Waals surface area contributed by atoms with Gasteiger partial charge in [0.15, 0.2) is 0 Å². The van der Waals surface area contributed by atoms with Crippen LogP contribution in [-0.2, 0) is 20.0 Å². The molecule has 0 saturated carbocycles. The highest BCUT2D eigenvalue weighted by Gasteiger charge is 2.30. The van der Waals surface area contributed by atoms with Crippen LogP contribution in [0.1, 0.15) is 29.8 Å². The number of amides is 2. The Kier molecular flexibility index (Phi) is 6.36. The van der Waals surface area contributed by atoms with Gasteiger partial charge in [0, 0.05) is 32.0 Å². The van der Waals surface area contributed by atoms with E-state index in [2.05, 4.69) is 37.5 Å². The SMILES string of the molecule is C[C@@H]1Cc2cnc(Nc3cnn(C)c3)nc2CN1C(=O)N[C@H](CN(C)C)c1ccccc1. The number of likely N-dealkylation sites (N-methyl/N-ethyl adjacent to an activating group) is 1. The Morgan fingerprint density at radius 1 is 1.25 bits per heavy atom. The third-order valence-corrected chi connectivity index (χ3v) is 5.59. The van der Waals surface area contributed by atoms with Crippen molar-refractivity contribution < 1.29 is 4.79 Å². The molecule has 0 unspecified atom stereocenters. The van der Waals surface area contributed by atoms with Crippen LogP contribution in [0.3, 0.4) is 0 Å². The number of aromatic nitrogens is 4. The van der Waals surface area contributed by atoms with E-state index in [1.54, 1.807) is 10.9 Å². The number of fused-ring (bicyclic) bond motifs is 1. The van der Waals surface area contributed by atoms with Crippen molar-refractivity contribution in [1.29, 1.82) is 0 Å². The summed E-state index contributed by atoms with van der Waals surface area (Å²) in [6.07, 6.45) is 6.16. The smallest absolute Gasteiger partial charge is 0.318 e. The van der Waals surface area contributed by atoms with Gasteiger partial charge in [0.05, 0.1) is 30.2 Å². The van der Waals surface area contributed by atoms with Gasteiger partial charge in [-0.15, -0.1) is 0 Å². The molecule has 3 heterocycles. The first-order valence-electron chi connectivity index (χ1n) is 10.8. The molecule has 0 bridgehead atoms. The lowest BCUT2D eigenvalue weighted by atomic mass is 10.0. The van der Waals surface area contributed by atoms with Gasteiger partial charge in [0.25, 0.3) is 0 Å². The van der Waals surface area contributed by atoms with Crippen LogP contribution in [0.25, 0.3) is 0 Å². The largest absolute Gasteiger partial charge is 0.330 e. The topological polar surface area (TPSA) is 91.2 Å². The van der Waals surface area contributed by atoms with Crippen LogP contribution in [0, 0.1) is 0 Å². The average molecular weight is 435 g/mol. The second-order valence-electron chi connectivity index (χ2n) is 8.55. The Morgan fingerprint density at radius 3 is 2.72 bits per heavy atom. The number of anilines is 2. The summed E-state index contributed by atoms with van der Waals surface area (Å²) in [6.45, 7) is 3.22. The fourth-order valence-electron chi connectivity index (χ4n) is 3.96. The minimum Gasteiger partial charge on any atom is -0.330 e. The molecule has 0 aliphatic carbocycles. The molecule has 3 aromatic rings.